The smallest absolute Gasteiger partial charge is 0.326 e. The summed E-state index contributed by atoms with van der Waals surface area (Å²) in [4.78, 5) is 15.4. The minimum absolute atomic E-state index is 0.00487. The number of carbonyl (C=O) groups is 1. The van der Waals surface area contributed by atoms with Crippen molar-refractivity contribution in [3.05, 3.63) is 60.0 Å². The summed E-state index contributed by atoms with van der Waals surface area (Å²) in [5.41, 5.74) is 1.90. The molecule has 0 radical (unpaired) electrons. The average molecular weight is 388 g/mol. The van der Waals surface area contributed by atoms with Gasteiger partial charge in [-0.2, -0.15) is 8.42 Å². The number of fused-ring (bicyclic) bond motifs is 2. The fourth-order valence-corrected chi connectivity index (χ4v) is 4.57. The lowest BCUT2D eigenvalue weighted by molar-refractivity contribution is 0.0950. The van der Waals surface area contributed by atoms with Crippen LogP contribution in [0.5, 0.6) is 0 Å². The molecule has 9 heteroatoms. The number of H-pyrrole nitrogens is 1. The van der Waals surface area contributed by atoms with Crippen LogP contribution in [0.1, 0.15) is 10.5 Å². The maximum absolute atomic E-state index is 13.6. The Kier molecular flexibility index (Phi) is 4.03. The fourth-order valence-electron chi connectivity index (χ4n) is 3.16. The number of rotatable bonds is 4. The number of aromatic nitrogens is 1. The second kappa shape index (κ2) is 6.27. The Balaban J connectivity index is 1.48. The molecule has 4 rings (SSSR count). The molecule has 0 unspecified atom stereocenters. The summed E-state index contributed by atoms with van der Waals surface area (Å²) < 4.78 is 40.8. The van der Waals surface area contributed by atoms with Gasteiger partial charge in [-0.25, -0.2) is 8.70 Å². The molecule has 3 aromatic rings. The second-order valence-corrected chi connectivity index (χ2v) is 8.09. The van der Waals surface area contributed by atoms with Gasteiger partial charge in [0.05, 0.1) is 17.9 Å². The minimum atomic E-state index is -3.78. The number of amides is 1. The molecule has 0 spiro atoms. The van der Waals surface area contributed by atoms with Crippen LogP contribution in [-0.4, -0.2) is 39.4 Å². The number of anilines is 2. The third-order valence-electron chi connectivity index (χ3n) is 4.55. The molecule has 2 heterocycles. The number of benzene rings is 2. The Labute approximate surface area is 155 Å². The van der Waals surface area contributed by atoms with Crippen LogP contribution in [0.25, 0.3) is 10.9 Å². The molecular weight excluding hydrogens is 371 g/mol. The summed E-state index contributed by atoms with van der Waals surface area (Å²) in [5, 5.41) is 3.61. The maximum atomic E-state index is 13.6. The van der Waals surface area contributed by atoms with Gasteiger partial charge in [-0.3, -0.25) is 9.10 Å². The van der Waals surface area contributed by atoms with Gasteiger partial charge in [-0.05, 0) is 24.3 Å². The van der Waals surface area contributed by atoms with Gasteiger partial charge in [-0.1, -0.05) is 18.2 Å². The van der Waals surface area contributed by atoms with E-state index in [1.165, 1.54) is 25.2 Å². The Morgan fingerprint density at radius 1 is 1.15 bits per heavy atom. The summed E-state index contributed by atoms with van der Waals surface area (Å²) in [6, 6.07) is 13.0. The summed E-state index contributed by atoms with van der Waals surface area (Å²) in [6.45, 7) is 0.0757. The highest BCUT2D eigenvalue weighted by atomic mass is 32.2. The average Bonchev–Trinajstić information content (AvgIpc) is 3.15. The van der Waals surface area contributed by atoms with Crippen LogP contribution >= 0.6 is 0 Å². The summed E-state index contributed by atoms with van der Waals surface area (Å²) in [6.07, 6.45) is 0. The molecule has 1 amide bonds. The number of carbonyl (C=O) groups excluding carboxylic acids is 1. The molecule has 0 saturated heterocycles. The van der Waals surface area contributed by atoms with Crippen molar-refractivity contribution < 1.29 is 17.6 Å². The summed E-state index contributed by atoms with van der Waals surface area (Å²) >= 11 is 0. The molecule has 7 nitrogen and oxygen atoms in total. The molecule has 0 saturated carbocycles. The molecule has 140 valence electrons. The molecule has 1 aliphatic rings. The Hall–Kier alpha value is -3.07. The zero-order valence-corrected chi connectivity index (χ0v) is 15.3. The first-order chi connectivity index (χ1) is 12.9. The molecular formula is C18H17FN4O3S. The number of aromatic amines is 1. The van der Waals surface area contributed by atoms with Crippen molar-refractivity contribution in [2.75, 3.05) is 28.7 Å². The van der Waals surface area contributed by atoms with E-state index in [4.69, 9.17) is 0 Å². The SMILES string of the molecule is CN1c2ccc(F)cc2N(CCNC(=O)c2cc3ccccc3[nH]2)S1(=O)=O. The van der Waals surface area contributed by atoms with Crippen molar-refractivity contribution in [1.29, 1.82) is 0 Å². The standard InChI is InChI=1S/C18H17FN4O3S/c1-22-16-7-6-13(19)11-17(16)23(27(22,25)26)9-8-20-18(24)15-10-12-4-2-3-5-14(12)21-15/h2-7,10-11,21H,8-9H2,1H3,(H,20,24). The lowest BCUT2D eigenvalue weighted by Crippen LogP contribution is -2.40. The van der Waals surface area contributed by atoms with Gasteiger partial charge in [0.2, 0.25) is 0 Å². The minimum Gasteiger partial charge on any atom is -0.351 e. The van der Waals surface area contributed by atoms with E-state index in [0.29, 0.717) is 11.4 Å². The Bertz CT molecular complexity index is 1110. The Morgan fingerprint density at radius 3 is 2.70 bits per heavy atom. The molecule has 1 aromatic heterocycles. The number of halogens is 1. The molecule has 0 aliphatic carbocycles. The van der Waals surface area contributed by atoms with Gasteiger partial charge in [0.1, 0.15) is 11.5 Å². The molecule has 2 N–H and O–H groups in total. The van der Waals surface area contributed by atoms with E-state index in [2.05, 4.69) is 10.3 Å². The van der Waals surface area contributed by atoms with Gasteiger partial charge in [-0.15, -0.1) is 0 Å². The van der Waals surface area contributed by atoms with Crippen molar-refractivity contribution in [2.24, 2.45) is 0 Å². The number of hydrogen-bond donors (Lipinski definition) is 2. The van der Waals surface area contributed by atoms with Crippen molar-refractivity contribution in [1.82, 2.24) is 10.3 Å². The van der Waals surface area contributed by atoms with Crippen LogP contribution < -0.4 is 13.9 Å². The van der Waals surface area contributed by atoms with Crippen LogP contribution in [0.4, 0.5) is 15.8 Å². The Morgan fingerprint density at radius 2 is 1.93 bits per heavy atom. The normalized spacial score (nSPS) is 15.2. The van der Waals surface area contributed by atoms with Crippen LogP contribution in [0.2, 0.25) is 0 Å². The highest BCUT2D eigenvalue weighted by molar-refractivity contribution is 7.94. The lowest BCUT2D eigenvalue weighted by Gasteiger charge is -2.19. The third kappa shape index (κ3) is 2.89. The van der Waals surface area contributed by atoms with Gasteiger partial charge in [0, 0.05) is 30.6 Å². The van der Waals surface area contributed by atoms with Crippen molar-refractivity contribution >= 4 is 38.4 Å². The maximum Gasteiger partial charge on any atom is 0.326 e. The topological polar surface area (TPSA) is 85.5 Å². The molecule has 27 heavy (non-hydrogen) atoms. The molecule has 0 fully saturated rings. The van der Waals surface area contributed by atoms with Gasteiger partial charge >= 0.3 is 10.2 Å². The van der Waals surface area contributed by atoms with Crippen molar-refractivity contribution in [3.63, 3.8) is 0 Å². The zero-order chi connectivity index (χ0) is 19.2. The van der Waals surface area contributed by atoms with Gasteiger partial charge in [0.15, 0.2) is 0 Å². The number of nitrogens with zero attached hydrogens (tertiary/aromatic N) is 2. The van der Waals surface area contributed by atoms with E-state index in [1.54, 1.807) is 6.07 Å². The highest BCUT2D eigenvalue weighted by Crippen LogP contribution is 2.39. The van der Waals surface area contributed by atoms with E-state index in [1.807, 2.05) is 24.3 Å². The summed E-state index contributed by atoms with van der Waals surface area (Å²) in [5.74, 6) is -0.859. The second-order valence-electron chi connectivity index (χ2n) is 6.21. The number of hydrogen-bond acceptors (Lipinski definition) is 3. The monoisotopic (exact) mass is 388 g/mol. The van der Waals surface area contributed by atoms with Crippen LogP contribution in [-0.2, 0) is 10.2 Å². The largest absolute Gasteiger partial charge is 0.351 e. The number of nitrogens with one attached hydrogen (secondary N) is 2. The van der Waals surface area contributed by atoms with E-state index >= 15 is 0 Å². The zero-order valence-electron chi connectivity index (χ0n) is 14.4. The van der Waals surface area contributed by atoms with Crippen LogP contribution in [0.3, 0.4) is 0 Å². The molecule has 1 aliphatic heterocycles. The van der Waals surface area contributed by atoms with E-state index < -0.39 is 16.0 Å². The molecule has 2 aromatic carbocycles. The third-order valence-corrected chi connectivity index (χ3v) is 6.37. The fraction of sp³-hybridized carbons (Fsp3) is 0.167. The predicted molar refractivity (Wildman–Crippen MR) is 102 cm³/mol. The number of para-hydroxylation sites is 1. The molecule has 0 bridgehead atoms. The molecule has 0 atom stereocenters. The van der Waals surface area contributed by atoms with E-state index in [-0.39, 0.29) is 24.7 Å². The van der Waals surface area contributed by atoms with Crippen LogP contribution in [0.15, 0.2) is 48.5 Å². The van der Waals surface area contributed by atoms with Crippen LogP contribution in [0, 0.1) is 5.82 Å². The van der Waals surface area contributed by atoms with Crippen molar-refractivity contribution in [3.8, 4) is 0 Å². The first-order valence-corrected chi connectivity index (χ1v) is 9.70. The summed E-state index contributed by atoms with van der Waals surface area (Å²) in [7, 11) is -2.37. The lowest BCUT2D eigenvalue weighted by atomic mass is 10.2. The predicted octanol–water partition coefficient (Wildman–Crippen LogP) is 2.24. The van der Waals surface area contributed by atoms with E-state index in [0.717, 1.165) is 19.5 Å². The van der Waals surface area contributed by atoms with Gasteiger partial charge in [0.25, 0.3) is 5.91 Å². The van der Waals surface area contributed by atoms with Crippen molar-refractivity contribution in [2.45, 2.75) is 0 Å². The first kappa shape index (κ1) is 17.3. The first-order valence-electron chi connectivity index (χ1n) is 8.30. The highest BCUT2D eigenvalue weighted by Gasteiger charge is 2.37. The quantitative estimate of drug-likeness (QED) is 0.719. The van der Waals surface area contributed by atoms with Gasteiger partial charge < -0.3 is 10.3 Å². The van der Waals surface area contributed by atoms with E-state index in [9.17, 15) is 17.6 Å².